The van der Waals surface area contributed by atoms with Crippen LogP contribution >= 0.6 is 0 Å². The van der Waals surface area contributed by atoms with Crippen LogP contribution in [0.4, 0.5) is 17.1 Å². The third kappa shape index (κ3) is 6.00. The molecule has 0 amide bonds. The van der Waals surface area contributed by atoms with Crippen LogP contribution in [0.3, 0.4) is 0 Å². The van der Waals surface area contributed by atoms with E-state index in [9.17, 15) is 0 Å². The first-order valence-electron chi connectivity index (χ1n) is 14.8. The first-order valence-corrected chi connectivity index (χ1v) is 14.8. The maximum atomic E-state index is 4.10. The number of fused-ring (bicyclic) bond motifs is 2. The van der Waals surface area contributed by atoms with Gasteiger partial charge in [0, 0.05) is 35.5 Å². The lowest BCUT2D eigenvalue weighted by molar-refractivity contribution is 1.14. The number of hydrogen-bond donors (Lipinski definition) is 0. The Balaban J connectivity index is 1.27. The lowest BCUT2D eigenvalue weighted by atomic mass is 10.0. The van der Waals surface area contributed by atoms with Gasteiger partial charge in [-0.3, -0.25) is 0 Å². The van der Waals surface area contributed by atoms with E-state index in [1.807, 2.05) is 31.2 Å². The molecular weight excluding hydrogens is 520 g/mol. The van der Waals surface area contributed by atoms with Gasteiger partial charge in [-0.1, -0.05) is 91.5 Å². The summed E-state index contributed by atoms with van der Waals surface area (Å²) in [4.78, 5) is 4.50. The van der Waals surface area contributed by atoms with Crippen molar-refractivity contribution in [1.82, 2.24) is 0 Å². The highest BCUT2D eigenvalue weighted by Crippen LogP contribution is 2.33. The van der Waals surface area contributed by atoms with Gasteiger partial charge < -0.3 is 9.80 Å². The molecule has 0 N–H and O–H groups in total. The van der Waals surface area contributed by atoms with Gasteiger partial charge in [-0.15, -0.1) is 0 Å². The van der Waals surface area contributed by atoms with E-state index in [2.05, 4.69) is 157 Å². The topological polar surface area (TPSA) is 6.48 Å². The average molecular weight is 557 g/mol. The van der Waals surface area contributed by atoms with E-state index in [1.54, 1.807) is 0 Å². The van der Waals surface area contributed by atoms with Crippen LogP contribution in [0.15, 0.2) is 176 Å². The molecule has 0 unspecified atom stereocenters. The fourth-order valence-electron chi connectivity index (χ4n) is 5.62. The zero-order chi connectivity index (χ0) is 29.6. The smallest absolute Gasteiger partial charge is 0.0461 e. The number of nitrogens with zero attached hydrogens (tertiary/aromatic N) is 2. The Labute approximate surface area is 255 Å². The molecule has 0 fully saturated rings. The summed E-state index contributed by atoms with van der Waals surface area (Å²) in [6.45, 7) is 6.12. The van der Waals surface area contributed by atoms with Crippen molar-refractivity contribution in [2.24, 2.45) is 0 Å². The van der Waals surface area contributed by atoms with E-state index in [0.29, 0.717) is 0 Å². The van der Waals surface area contributed by atoms with Crippen LogP contribution in [0.25, 0.3) is 27.1 Å². The number of hydrogen-bond acceptors (Lipinski definition) is 2. The van der Waals surface area contributed by atoms with Crippen molar-refractivity contribution in [1.29, 1.82) is 0 Å². The van der Waals surface area contributed by atoms with Crippen LogP contribution in [0, 0.1) is 0 Å². The van der Waals surface area contributed by atoms with Crippen molar-refractivity contribution in [3.8, 4) is 0 Å². The van der Waals surface area contributed by atoms with E-state index in [-0.39, 0.29) is 0 Å². The van der Waals surface area contributed by atoms with Gasteiger partial charge in [0.1, 0.15) is 0 Å². The molecular formula is C41H36N2. The summed E-state index contributed by atoms with van der Waals surface area (Å²) in [7, 11) is 2.14. The van der Waals surface area contributed by atoms with Crippen molar-refractivity contribution in [3.05, 3.63) is 181 Å². The second kappa shape index (κ2) is 12.7. The highest BCUT2D eigenvalue weighted by atomic mass is 15.1. The molecule has 210 valence electrons. The number of rotatable bonds is 8. The minimum Gasteiger partial charge on any atom is -0.345 e. The third-order valence-corrected chi connectivity index (χ3v) is 7.98. The highest BCUT2D eigenvalue weighted by Gasteiger charge is 2.15. The Hall–Kier alpha value is -5.34. The molecule has 43 heavy (non-hydrogen) atoms. The average Bonchev–Trinajstić information content (AvgIpc) is 3.31. The van der Waals surface area contributed by atoms with Crippen LogP contribution < -0.4 is 9.80 Å². The fourth-order valence-corrected chi connectivity index (χ4v) is 5.62. The number of para-hydroxylation sites is 1. The predicted octanol–water partition coefficient (Wildman–Crippen LogP) is 11.1. The Bertz CT molecular complexity index is 1920. The molecule has 5 aromatic rings. The van der Waals surface area contributed by atoms with Crippen molar-refractivity contribution in [2.45, 2.75) is 13.3 Å². The SMILES string of the molecule is C=C/C(=C\C=C/C)N(C1=CC=C(c2ccc(N(C)c3ccc4cc5ccccc5cc4c3)cc2)CC=C1)c1ccccc1. The molecule has 0 saturated carbocycles. The van der Waals surface area contributed by atoms with Gasteiger partial charge >= 0.3 is 0 Å². The van der Waals surface area contributed by atoms with Gasteiger partial charge in [0.2, 0.25) is 0 Å². The normalized spacial score (nSPS) is 13.6. The molecule has 0 heterocycles. The molecule has 0 aromatic heterocycles. The zero-order valence-electron chi connectivity index (χ0n) is 24.8. The first-order chi connectivity index (χ1) is 21.1. The molecule has 0 saturated heterocycles. The second-order valence-corrected chi connectivity index (χ2v) is 10.7. The highest BCUT2D eigenvalue weighted by molar-refractivity contribution is 5.99. The summed E-state index contributed by atoms with van der Waals surface area (Å²) >= 11 is 0. The minimum atomic E-state index is 0.860. The number of anilines is 3. The van der Waals surface area contributed by atoms with Crippen LogP contribution in [0.5, 0.6) is 0 Å². The predicted molar refractivity (Wildman–Crippen MR) is 188 cm³/mol. The van der Waals surface area contributed by atoms with E-state index < -0.39 is 0 Å². The second-order valence-electron chi connectivity index (χ2n) is 10.7. The fraction of sp³-hybridized carbons (Fsp3) is 0.0732. The summed E-state index contributed by atoms with van der Waals surface area (Å²) in [6, 6.07) is 39.1. The molecule has 0 radical (unpaired) electrons. The van der Waals surface area contributed by atoms with E-state index in [1.165, 1.54) is 38.4 Å². The van der Waals surface area contributed by atoms with Crippen LogP contribution in [-0.4, -0.2) is 7.05 Å². The zero-order valence-corrected chi connectivity index (χ0v) is 24.8. The molecule has 1 aliphatic rings. The summed E-state index contributed by atoms with van der Waals surface area (Å²) < 4.78 is 0. The maximum absolute atomic E-state index is 4.10. The molecule has 2 heteroatoms. The van der Waals surface area contributed by atoms with Crippen molar-refractivity contribution < 1.29 is 0 Å². The van der Waals surface area contributed by atoms with Crippen LogP contribution in [-0.2, 0) is 0 Å². The first kappa shape index (κ1) is 27.8. The molecule has 2 nitrogen and oxygen atoms in total. The molecule has 1 aliphatic carbocycles. The van der Waals surface area contributed by atoms with Gasteiger partial charge in [-0.05, 0) is 119 Å². The summed E-state index contributed by atoms with van der Waals surface area (Å²) in [5.74, 6) is 0. The Morgan fingerprint density at radius 2 is 1.37 bits per heavy atom. The lowest BCUT2D eigenvalue weighted by Crippen LogP contribution is -2.19. The van der Waals surface area contributed by atoms with E-state index in [4.69, 9.17) is 0 Å². The third-order valence-electron chi connectivity index (χ3n) is 7.98. The van der Waals surface area contributed by atoms with Gasteiger partial charge in [0.25, 0.3) is 0 Å². The maximum Gasteiger partial charge on any atom is 0.0461 e. The monoisotopic (exact) mass is 556 g/mol. The molecule has 6 rings (SSSR count). The molecule has 0 aliphatic heterocycles. The number of allylic oxidation sites excluding steroid dienone is 9. The van der Waals surface area contributed by atoms with Crippen molar-refractivity contribution in [3.63, 3.8) is 0 Å². The minimum absolute atomic E-state index is 0.860. The van der Waals surface area contributed by atoms with Gasteiger partial charge in [-0.25, -0.2) is 0 Å². The Morgan fingerprint density at radius 1 is 0.698 bits per heavy atom. The summed E-state index contributed by atoms with van der Waals surface area (Å²) in [5.41, 5.74) is 8.05. The van der Waals surface area contributed by atoms with Gasteiger partial charge in [-0.2, -0.15) is 0 Å². The summed E-state index contributed by atoms with van der Waals surface area (Å²) in [6.07, 6.45) is 17.8. The lowest BCUT2D eigenvalue weighted by Gasteiger charge is -2.26. The number of benzene rings is 5. The van der Waals surface area contributed by atoms with Gasteiger partial charge in [0.15, 0.2) is 0 Å². The van der Waals surface area contributed by atoms with E-state index in [0.717, 1.165) is 29.2 Å². The molecule has 0 bridgehead atoms. The quantitative estimate of drug-likeness (QED) is 0.139. The van der Waals surface area contributed by atoms with E-state index >= 15 is 0 Å². The Kier molecular flexibility index (Phi) is 8.19. The summed E-state index contributed by atoms with van der Waals surface area (Å²) in [5, 5.41) is 5.05. The Morgan fingerprint density at radius 3 is 2.09 bits per heavy atom. The van der Waals surface area contributed by atoms with Crippen LogP contribution in [0.1, 0.15) is 18.9 Å². The van der Waals surface area contributed by atoms with Crippen molar-refractivity contribution in [2.75, 3.05) is 16.8 Å². The standard InChI is InChI=1S/C41H36N2/c1-4-6-16-37(5-2)43(39-17-8-7-9-18-39)40-19-12-15-31(22-26-40)32-20-24-38(25-21-32)42(3)41-27-23-35-28-33-13-10-11-14-34(33)29-36(35)30-41/h4-14,16-30H,2,15H2,1,3H3/b6-4-,37-16+. The van der Waals surface area contributed by atoms with Gasteiger partial charge in [0.05, 0.1) is 0 Å². The molecule has 5 aromatic carbocycles. The largest absolute Gasteiger partial charge is 0.345 e. The van der Waals surface area contributed by atoms with Crippen LogP contribution in [0.2, 0.25) is 0 Å². The molecule has 0 spiro atoms. The van der Waals surface area contributed by atoms with Crippen molar-refractivity contribution >= 4 is 44.2 Å². The molecule has 0 atom stereocenters.